The summed E-state index contributed by atoms with van der Waals surface area (Å²) in [5.41, 5.74) is 3.34. The van der Waals surface area contributed by atoms with E-state index in [1.54, 1.807) is 0 Å². The zero-order valence-corrected chi connectivity index (χ0v) is 12.0. The smallest absolute Gasteiger partial charge is 0.233 e. The molecule has 102 valence electrons. The van der Waals surface area contributed by atoms with Gasteiger partial charge in [0.1, 0.15) is 0 Å². The molecule has 2 N–H and O–H groups in total. The summed E-state index contributed by atoms with van der Waals surface area (Å²) in [4.78, 5) is 11.5. The minimum atomic E-state index is 0.0443. The largest absolute Gasteiger partial charge is 0.355 e. The number of carbonyl (C=O) groups is 1. The third-order valence-corrected chi connectivity index (χ3v) is 2.95. The van der Waals surface area contributed by atoms with Gasteiger partial charge in [-0.15, -0.1) is 0 Å². The highest BCUT2D eigenvalue weighted by atomic mass is 16.1. The van der Waals surface area contributed by atoms with Gasteiger partial charge in [0, 0.05) is 31.4 Å². The van der Waals surface area contributed by atoms with Gasteiger partial charge in [-0.1, -0.05) is 13.8 Å². The molecule has 1 aromatic rings. The Morgan fingerprint density at radius 1 is 1.39 bits per heavy atom. The Labute approximate surface area is 109 Å². The Kier molecular flexibility index (Phi) is 5.34. The summed E-state index contributed by atoms with van der Waals surface area (Å²) >= 11 is 0. The maximum Gasteiger partial charge on any atom is 0.233 e. The van der Waals surface area contributed by atoms with Gasteiger partial charge in [0.25, 0.3) is 0 Å². The number of rotatable bonds is 6. The van der Waals surface area contributed by atoms with Gasteiger partial charge in [0.2, 0.25) is 5.91 Å². The average molecular weight is 252 g/mol. The van der Waals surface area contributed by atoms with Crippen LogP contribution in [0.5, 0.6) is 0 Å². The Bertz CT molecular complexity index is 409. The van der Waals surface area contributed by atoms with Crippen LogP contribution in [0, 0.1) is 19.8 Å². The lowest BCUT2D eigenvalue weighted by molar-refractivity contribution is -0.120. The van der Waals surface area contributed by atoms with Gasteiger partial charge in [-0.25, -0.2) is 0 Å². The van der Waals surface area contributed by atoms with Crippen LogP contribution < -0.4 is 10.6 Å². The van der Waals surface area contributed by atoms with E-state index < -0.39 is 0 Å². The van der Waals surface area contributed by atoms with Crippen molar-refractivity contribution in [3.63, 3.8) is 0 Å². The Morgan fingerprint density at radius 3 is 2.56 bits per heavy atom. The highest BCUT2D eigenvalue weighted by molar-refractivity contribution is 5.77. The van der Waals surface area contributed by atoms with E-state index in [9.17, 15) is 4.79 Å². The van der Waals surface area contributed by atoms with E-state index >= 15 is 0 Å². The molecule has 0 fully saturated rings. The topological polar surface area (TPSA) is 59.0 Å². The minimum absolute atomic E-state index is 0.0443. The van der Waals surface area contributed by atoms with Crippen LogP contribution in [0.2, 0.25) is 0 Å². The molecule has 0 aliphatic rings. The van der Waals surface area contributed by atoms with Crippen LogP contribution in [-0.4, -0.2) is 28.8 Å². The summed E-state index contributed by atoms with van der Waals surface area (Å²) < 4.78 is 1.87. The molecule has 0 spiro atoms. The highest BCUT2D eigenvalue weighted by Crippen LogP contribution is 2.10. The van der Waals surface area contributed by atoms with Gasteiger partial charge in [-0.3, -0.25) is 9.48 Å². The number of hydrogen-bond acceptors (Lipinski definition) is 3. The number of carbonyl (C=O) groups excluding carboxylic acids is 1. The van der Waals surface area contributed by atoms with Gasteiger partial charge in [-0.05, 0) is 19.8 Å². The van der Waals surface area contributed by atoms with Crippen molar-refractivity contribution >= 4 is 5.91 Å². The van der Waals surface area contributed by atoms with Crippen LogP contribution >= 0.6 is 0 Å². The lowest BCUT2D eigenvalue weighted by Gasteiger charge is -2.08. The molecule has 0 unspecified atom stereocenters. The second-order valence-corrected chi connectivity index (χ2v) is 5.07. The molecule has 0 atom stereocenters. The summed E-state index contributed by atoms with van der Waals surface area (Å²) in [5.74, 6) is 0.527. The molecule has 1 rings (SSSR count). The molecule has 18 heavy (non-hydrogen) atoms. The predicted molar refractivity (Wildman–Crippen MR) is 72.2 cm³/mol. The fourth-order valence-corrected chi connectivity index (χ4v) is 1.75. The molecular weight excluding hydrogens is 228 g/mol. The fraction of sp³-hybridized carbons (Fsp3) is 0.692. The number of nitrogens with zero attached hydrogens (tertiary/aromatic N) is 2. The van der Waals surface area contributed by atoms with E-state index in [4.69, 9.17) is 0 Å². The number of aromatic nitrogens is 2. The Balaban J connectivity index is 2.35. The van der Waals surface area contributed by atoms with Crippen molar-refractivity contribution in [1.29, 1.82) is 0 Å². The van der Waals surface area contributed by atoms with E-state index in [-0.39, 0.29) is 5.91 Å². The van der Waals surface area contributed by atoms with Gasteiger partial charge in [-0.2, -0.15) is 5.10 Å². The second-order valence-electron chi connectivity index (χ2n) is 5.07. The molecular formula is C13H24N4O. The molecule has 1 heterocycles. The lowest BCUT2D eigenvalue weighted by Crippen LogP contribution is -2.35. The quantitative estimate of drug-likeness (QED) is 0.791. The molecule has 0 radical (unpaired) electrons. The molecule has 1 aromatic heterocycles. The summed E-state index contributed by atoms with van der Waals surface area (Å²) in [5, 5.41) is 10.4. The first-order chi connectivity index (χ1) is 8.41. The number of nitrogens with one attached hydrogen (secondary N) is 2. The average Bonchev–Trinajstić information content (AvgIpc) is 2.53. The SMILES string of the molecule is Cc1nn(C)c(C)c1CNCC(=O)NCC(C)C. The molecule has 5 heteroatoms. The fourth-order valence-electron chi connectivity index (χ4n) is 1.75. The molecule has 0 aromatic carbocycles. The van der Waals surface area contributed by atoms with Gasteiger partial charge >= 0.3 is 0 Å². The minimum Gasteiger partial charge on any atom is -0.355 e. The van der Waals surface area contributed by atoms with Gasteiger partial charge in [0.05, 0.1) is 12.2 Å². The molecule has 0 bridgehead atoms. The van der Waals surface area contributed by atoms with Gasteiger partial charge in [0.15, 0.2) is 0 Å². The van der Waals surface area contributed by atoms with E-state index in [0.29, 0.717) is 19.0 Å². The Hall–Kier alpha value is -1.36. The maximum absolute atomic E-state index is 11.5. The first kappa shape index (κ1) is 14.7. The van der Waals surface area contributed by atoms with E-state index in [1.807, 2.05) is 25.6 Å². The van der Waals surface area contributed by atoms with Crippen LogP contribution in [-0.2, 0) is 18.4 Å². The first-order valence-corrected chi connectivity index (χ1v) is 6.38. The van der Waals surface area contributed by atoms with Crippen LogP contribution in [0.25, 0.3) is 0 Å². The first-order valence-electron chi connectivity index (χ1n) is 6.38. The Morgan fingerprint density at radius 2 is 2.06 bits per heavy atom. The zero-order valence-electron chi connectivity index (χ0n) is 12.0. The standard InChI is InChI=1S/C13H24N4O/c1-9(2)6-15-13(18)8-14-7-12-10(3)16-17(5)11(12)4/h9,14H,6-8H2,1-5H3,(H,15,18). The zero-order chi connectivity index (χ0) is 13.7. The molecule has 0 saturated carbocycles. The van der Waals surface area contributed by atoms with Crippen molar-refractivity contribution in [2.75, 3.05) is 13.1 Å². The van der Waals surface area contributed by atoms with Crippen LogP contribution in [0.15, 0.2) is 0 Å². The number of hydrogen-bond donors (Lipinski definition) is 2. The van der Waals surface area contributed by atoms with Crippen molar-refractivity contribution in [3.05, 3.63) is 17.0 Å². The number of aryl methyl sites for hydroxylation is 2. The van der Waals surface area contributed by atoms with Crippen molar-refractivity contribution in [2.24, 2.45) is 13.0 Å². The summed E-state index contributed by atoms with van der Waals surface area (Å²) in [6, 6.07) is 0. The normalized spacial score (nSPS) is 11.0. The number of amides is 1. The highest BCUT2D eigenvalue weighted by Gasteiger charge is 2.09. The van der Waals surface area contributed by atoms with Crippen LogP contribution in [0.1, 0.15) is 30.8 Å². The van der Waals surface area contributed by atoms with Crippen molar-refractivity contribution in [3.8, 4) is 0 Å². The monoisotopic (exact) mass is 252 g/mol. The third kappa shape index (κ3) is 4.14. The van der Waals surface area contributed by atoms with E-state index in [1.165, 1.54) is 5.56 Å². The summed E-state index contributed by atoms with van der Waals surface area (Å²) in [6.07, 6.45) is 0. The van der Waals surface area contributed by atoms with Crippen molar-refractivity contribution in [1.82, 2.24) is 20.4 Å². The summed E-state index contributed by atoms with van der Waals surface area (Å²) in [7, 11) is 1.93. The molecule has 0 aliphatic carbocycles. The third-order valence-electron chi connectivity index (χ3n) is 2.95. The molecule has 0 saturated heterocycles. The van der Waals surface area contributed by atoms with Crippen LogP contribution in [0.4, 0.5) is 0 Å². The molecule has 5 nitrogen and oxygen atoms in total. The predicted octanol–water partition coefficient (Wildman–Crippen LogP) is 0.899. The van der Waals surface area contributed by atoms with Crippen molar-refractivity contribution in [2.45, 2.75) is 34.2 Å². The molecule has 0 aliphatic heterocycles. The van der Waals surface area contributed by atoms with E-state index in [0.717, 1.165) is 17.9 Å². The maximum atomic E-state index is 11.5. The van der Waals surface area contributed by atoms with E-state index in [2.05, 4.69) is 29.6 Å². The second kappa shape index (κ2) is 6.54. The van der Waals surface area contributed by atoms with Crippen molar-refractivity contribution < 1.29 is 4.79 Å². The summed E-state index contributed by atoms with van der Waals surface area (Å²) in [6.45, 7) is 9.94. The lowest BCUT2D eigenvalue weighted by atomic mass is 10.2. The van der Waals surface area contributed by atoms with Gasteiger partial charge < -0.3 is 10.6 Å². The molecule has 1 amide bonds. The van der Waals surface area contributed by atoms with Crippen LogP contribution in [0.3, 0.4) is 0 Å².